The molecule has 0 unspecified atom stereocenters. The zero-order chi connectivity index (χ0) is 77.5. The van der Waals surface area contributed by atoms with Crippen LogP contribution in [0.4, 0.5) is 11.4 Å². The predicted octanol–water partition coefficient (Wildman–Crippen LogP) is 12.6. The molecule has 6 saturated carbocycles. The third kappa shape index (κ3) is 14.8. The normalized spacial score (nSPS) is 34.2. The number of fused-ring (bicyclic) bond motifs is 14. The molecule has 0 radical (unpaired) electrons. The second kappa shape index (κ2) is 30.8. The molecule has 2 amide bonds. The van der Waals surface area contributed by atoms with Gasteiger partial charge in [-0.25, -0.2) is 4.18 Å². The lowest BCUT2D eigenvalue weighted by molar-refractivity contribution is -0.201. The molecule has 20 atom stereocenters. The van der Waals surface area contributed by atoms with Gasteiger partial charge in [0.1, 0.15) is 24.8 Å². The summed E-state index contributed by atoms with van der Waals surface area (Å²) in [5.41, 5.74) is 2.95. The molecule has 4 aromatic carbocycles. The Labute approximate surface area is 639 Å². The lowest BCUT2D eigenvalue weighted by Gasteiger charge is -2.59. The highest BCUT2D eigenvalue weighted by Gasteiger charge is 2.78. The highest BCUT2D eigenvalue weighted by Crippen LogP contribution is 2.73. The van der Waals surface area contributed by atoms with Crippen LogP contribution in [0.25, 0.3) is 0 Å². The van der Waals surface area contributed by atoms with E-state index in [1.54, 1.807) is 44.2 Å². The molecule has 0 spiro atoms. The Bertz CT molecular complexity index is 4490. The van der Waals surface area contributed by atoms with E-state index in [1.807, 2.05) is 145 Å². The largest absolute Gasteiger partial charge is 0.397 e. The van der Waals surface area contributed by atoms with Crippen LogP contribution in [0.3, 0.4) is 0 Å². The van der Waals surface area contributed by atoms with Gasteiger partial charge in [0, 0.05) is 92.5 Å². The van der Waals surface area contributed by atoms with Gasteiger partial charge in [-0.15, -0.1) is 0 Å². The lowest BCUT2D eigenvalue weighted by atomic mass is 9.46. The van der Waals surface area contributed by atoms with Crippen molar-refractivity contribution in [2.24, 2.45) is 80.8 Å². The first-order valence-corrected chi connectivity index (χ1v) is 39.6. The number of Topliss-reactive ketones (excluding diaryl/α,β-unsaturated/α-hetero) is 4. The van der Waals surface area contributed by atoms with E-state index < -0.39 is 117 Å². The maximum Gasteiger partial charge on any atom is 0.397 e. The number of ketones is 6. The molecule has 0 bridgehead atoms. The molecule has 8 aliphatic carbocycles. The summed E-state index contributed by atoms with van der Waals surface area (Å²) in [4.78, 5) is 103. The third-order valence-corrected chi connectivity index (χ3v) is 27.1. The van der Waals surface area contributed by atoms with E-state index in [0.717, 1.165) is 51.8 Å². The summed E-state index contributed by atoms with van der Waals surface area (Å²) >= 11 is 0. The zero-order valence-electron chi connectivity index (χ0n) is 63.2. The lowest BCUT2D eigenvalue weighted by Crippen LogP contribution is -2.63. The Balaban J connectivity index is 0.000000202. The number of carbonyl (C=O) groups is 8. The molecule has 109 heavy (non-hydrogen) atoms. The first-order chi connectivity index (χ1) is 51.0. The zero-order valence-corrected chi connectivity index (χ0v) is 64.0. The Hall–Kier alpha value is -7.61. The van der Waals surface area contributed by atoms with Gasteiger partial charge in [-0.05, 0) is 159 Å². The maximum absolute atomic E-state index is 14.3. The number of benzene rings is 4. The standard InChI is InChI=1S/C43H51NO11S.C43H51NO8.CH4/c1-24(2)34(46)17-25(3)39(49)44-30-8-6-7-27(19-30)18-26-9-11-28(12-10-26)40-54-37-21-33-32-14-13-29-20-31(45)15-16-41(29,4)38(32)35(47)22-42(33,5)43(37,55-40)36(48)23-53-56(50,51)52;1-24(2)34(47)17-25(3)39(50)44-30-8-6-7-27(19-30)18-26-9-11-28(12-10-26)40-51-37-21-33-32-14-13-29-20-31(46)15-16-41(29,4)38(32)35(48)22-42(33,5)43(37,52-40)36(49)23-45;/h6-12,15-16,19-20,24-25,32-33,35,37-38,40,47H,13-14,17-18,21-23H2,1-5H3,(H,44,49)(H,50,51,52);6-12,15-16,19-20,24-25,32-33,35,37-38,40,45,48H,13-14,17-18,21-23H2,1-5H3,(H,44,50);1H4/t2*25-,32+,33+,35+,37-,38-,40-,41+,42+,43-;/m11./s1. The molecule has 0 aromatic heterocycles. The predicted molar refractivity (Wildman–Crippen MR) is 407 cm³/mol. The van der Waals surface area contributed by atoms with Crippen LogP contribution >= 0.6 is 0 Å². The average molecular weight is 1520 g/mol. The number of rotatable bonds is 22. The topological polar surface area (TPSA) is 322 Å². The minimum Gasteiger partial charge on any atom is -0.393 e. The van der Waals surface area contributed by atoms with Crippen LogP contribution in [-0.4, -0.2) is 124 Å². The quantitative estimate of drug-likeness (QED) is 0.0398. The van der Waals surface area contributed by atoms with Crippen LogP contribution in [0.2, 0.25) is 0 Å². The molecule has 6 N–H and O–H groups in total. The second-order valence-electron chi connectivity index (χ2n) is 33.9. The Morgan fingerprint density at radius 3 is 1.34 bits per heavy atom. The van der Waals surface area contributed by atoms with Crippen molar-refractivity contribution in [3.8, 4) is 0 Å². The van der Waals surface area contributed by atoms with Crippen molar-refractivity contribution in [2.45, 2.75) is 202 Å². The van der Waals surface area contributed by atoms with Gasteiger partial charge in [0.15, 0.2) is 46.9 Å². The van der Waals surface area contributed by atoms with Gasteiger partial charge in [0.2, 0.25) is 11.8 Å². The molecule has 2 aliphatic heterocycles. The summed E-state index contributed by atoms with van der Waals surface area (Å²) in [6.07, 6.45) is 11.7. The van der Waals surface area contributed by atoms with Gasteiger partial charge in [0.25, 0.3) is 0 Å². The van der Waals surface area contributed by atoms with Gasteiger partial charge < -0.3 is 44.9 Å². The van der Waals surface area contributed by atoms with E-state index in [2.05, 4.69) is 28.7 Å². The van der Waals surface area contributed by atoms with Gasteiger partial charge >= 0.3 is 10.4 Å². The molecule has 22 heteroatoms. The van der Waals surface area contributed by atoms with Crippen molar-refractivity contribution in [3.63, 3.8) is 0 Å². The van der Waals surface area contributed by atoms with Crippen molar-refractivity contribution < 1.29 is 89.8 Å². The second-order valence-corrected chi connectivity index (χ2v) is 35.0. The fraction of sp³-hybridized carbons (Fsp3) is 0.540. The molecule has 10 aliphatic rings. The average Bonchev–Trinajstić information content (AvgIpc) is 1.52. The number of aliphatic hydroxyl groups excluding tert-OH is 3. The number of hydrogen-bond acceptors (Lipinski definition) is 18. The van der Waals surface area contributed by atoms with Crippen molar-refractivity contribution in [1.29, 1.82) is 0 Å². The van der Waals surface area contributed by atoms with Gasteiger partial charge in [-0.1, -0.05) is 173 Å². The molecular weight excluding hydrogens is 1410 g/mol. The number of anilines is 2. The molecule has 4 aromatic rings. The number of allylic oxidation sites excluding steroid dienone is 8. The Morgan fingerprint density at radius 2 is 0.963 bits per heavy atom. The molecular formula is C87H106N2O19S. The molecule has 8 fully saturated rings. The van der Waals surface area contributed by atoms with Crippen LogP contribution in [0.5, 0.6) is 0 Å². The summed E-state index contributed by atoms with van der Waals surface area (Å²) in [5, 5.41) is 40.1. The van der Waals surface area contributed by atoms with E-state index >= 15 is 0 Å². The summed E-state index contributed by atoms with van der Waals surface area (Å²) in [6, 6.07) is 30.6. The van der Waals surface area contributed by atoms with E-state index in [9.17, 15) is 66.6 Å². The fourth-order valence-electron chi connectivity index (χ4n) is 21.2. The molecule has 2 heterocycles. The fourth-order valence-corrected chi connectivity index (χ4v) is 21.4. The van der Waals surface area contributed by atoms with Crippen LogP contribution in [-0.2, 0) is 84.7 Å². The minimum absolute atomic E-state index is 0. The highest BCUT2D eigenvalue weighted by atomic mass is 32.3. The first kappa shape index (κ1) is 80.9. The number of amides is 2. The third-order valence-electron chi connectivity index (χ3n) is 26.7. The SMILES string of the molecule is C.CC(C)C(=O)C[C@@H](C)C(=O)Nc1cccc(Cc2ccc([C@@H]3O[C@@H]4C[C@H]5[C@@H]6CCC7=CC(=O)C=C[C@]7(C)[C@H]6[C@@H](O)C[C@]5(C)[C@]4(C(=O)CO)O3)cc2)c1.CC(C)C(=O)C[C@@H](C)C(=O)Nc1cccc(Cc2ccc([C@@H]3O[C@@H]4C[C@H]5[C@@H]6CCC7=CC(=O)C=C[C@]7(C)[C@H]6[C@@H](O)C[C@]5(C)[C@]4(C(=O)COS(=O)(=O)O)O3)cc2)c1. The van der Waals surface area contributed by atoms with Gasteiger partial charge in [-0.3, -0.25) is 42.9 Å². The van der Waals surface area contributed by atoms with E-state index in [-0.39, 0.29) is 109 Å². The molecule has 14 rings (SSSR count). The first-order valence-electron chi connectivity index (χ1n) is 38.3. The number of hydrogen-bond donors (Lipinski definition) is 6. The molecule has 21 nitrogen and oxygen atoms in total. The van der Waals surface area contributed by atoms with Crippen LogP contribution in [0.1, 0.15) is 187 Å². The van der Waals surface area contributed by atoms with Crippen LogP contribution < -0.4 is 10.6 Å². The maximum atomic E-state index is 14.3. The summed E-state index contributed by atoms with van der Waals surface area (Å²) < 4.78 is 64.0. The summed E-state index contributed by atoms with van der Waals surface area (Å²) in [6.45, 7) is 17.3. The molecule has 584 valence electrons. The number of nitrogens with one attached hydrogen (secondary N) is 2. The van der Waals surface area contributed by atoms with Crippen molar-refractivity contribution in [2.75, 3.05) is 23.8 Å². The number of ether oxygens (including phenoxy) is 4. The van der Waals surface area contributed by atoms with E-state index in [1.165, 1.54) is 0 Å². The Kier molecular flexibility index (Phi) is 22.9. The van der Waals surface area contributed by atoms with Crippen molar-refractivity contribution in [3.05, 3.63) is 178 Å². The van der Waals surface area contributed by atoms with E-state index in [0.29, 0.717) is 61.9 Å². The molecule has 2 saturated heterocycles. The summed E-state index contributed by atoms with van der Waals surface area (Å²) in [7, 11) is -4.94. The monoisotopic (exact) mass is 1510 g/mol. The Morgan fingerprint density at radius 1 is 0.569 bits per heavy atom. The van der Waals surface area contributed by atoms with E-state index in [4.69, 9.17) is 18.9 Å². The van der Waals surface area contributed by atoms with Gasteiger partial charge in [-0.2, -0.15) is 8.42 Å². The minimum atomic E-state index is -4.94. The van der Waals surface area contributed by atoms with Crippen molar-refractivity contribution in [1.82, 2.24) is 0 Å². The highest BCUT2D eigenvalue weighted by molar-refractivity contribution is 7.80. The smallest absolute Gasteiger partial charge is 0.393 e. The number of aliphatic hydroxyl groups is 3. The van der Waals surface area contributed by atoms with Crippen molar-refractivity contribution >= 4 is 68.3 Å². The van der Waals surface area contributed by atoms with Gasteiger partial charge in [0.05, 0.1) is 24.4 Å². The summed E-state index contributed by atoms with van der Waals surface area (Å²) in [5.74, 6) is -2.96. The number of carbonyl (C=O) groups excluding carboxylic acids is 8. The van der Waals surface area contributed by atoms with Crippen LogP contribution in [0, 0.1) is 80.8 Å². The van der Waals surface area contributed by atoms with Crippen LogP contribution in [0.15, 0.2) is 145 Å².